The molecule has 0 aliphatic rings. The lowest BCUT2D eigenvalue weighted by atomic mass is 10.1. The van der Waals surface area contributed by atoms with E-state index in [1.807, 2.05) is 26.0 Å². The summed E-state index contributed by atoms with van der Waals surface area (Å²) in [5.74, 6) is -0.00212. The van der Waals surface area contributed by atoms with Gasteiger partial charge in [0, 0.05) is 18.2 Å². The Kier molecular flexibility index (Phi) is 5.01. The molecule has 5 heteroatoms. The smallest absolute Gasteiger partial charge is 0.255 e. The predicted molar refractivity (Wildman–Crippen MR) is 90.3 cm³/mol. The summed E-state index contributed by atoms with van der Waals surface area (Å²) in [4.78, 5) is 24.0. The highest BCUT2D eigenvalue weighted by Crippen LogP contribution is 2.26. The van der Waals surface area contributed by atoms with E-state index in [9.17, 15) is 9.59 Å². The zero-order valence-corrected chi connectivity index (χ0v) is 13.7. The maximum Gasteiger partial charge on any atom is 0.255 e. The maximum absolute atomic E-state index is 12.4. The van der Waals surface area contributed by atoms with Crippen molar-refractivity contribution in [3.63, 3.8) is 0 Å². The number of methoxy groups -OCH3 is 1. The normalized spacial score (nSPS) is 10.1. The van der Waals surface area contributed by atoms with E-state index >= 15 is 0 Å². The fourth-order valence-corrected chi connectivity index (χ4v) is 2.16. The Morgan fingerprint density at radius 2 is 1.57 bits per heavy atom. The second-order valence-corrected chi connectivity index (χ2v) is 5.25. The molecule has 0 saturated heterocycles. The van der Waals surface area contributed by atoms with Crippen LogP contribution in [0.3, 0.4) is 0 Å². The largest absolute Gasteiger partial charge is 0.495 e. The summed E-state index contributed by atoms with van der Waals surface area (Å²) < 4.78 is 5.27. The van der Waals surface area contributed by atoms with E-state index in [4.69, 9.17) is 4.74 Å². The van der Waals surface area contributed by atoms with Crippen LogP contribution in [0.1, 0.15) is 31.8 Å². The average Bonchev–Trinajstić information content (AvgIpc) is 2.56. The van der Waals surface area contributed by atoms with Gasteiger partial charge in [0.25, 0.3) is 11.8 Å². The van der Waals surface area contributed by atoms with Gasteiger partial charge in [-0.1, -0.05) is 6.07 Å². The van der Waals surface area contributed by atoms with Crippen LogP contribution in [0.5, 0.6) is 5.75 Å². The molecule has 0 heterocycles. The topological polar surface area (TPSA) is 67.4 Å². The molecule has 0 aromatic heterocycles. The summed E-state index contributed by atoms with van der Waals surface area (Å²) in [7, 11) is 3.05. The van der Waals surface area contributed by atoms with Gasteiger partial charge in [-0.3, -0.25) is 9.59 Å². The van der Waals surface area contributed by atoms with Crippen molar-refractivity contribution in [1.29, 1.82) is 0 Å². The summed E-state index contributed by atoms with van der Waals surface area (Å²) in [5.41, 5.74) is 3.75. The Balaban J connectivity index is 2.26. The molecule has 2 aromatic rings. The predicted octanol–water partition coefficient (Wildman–Crippen LogP) is 2.92. The number of hydrogen-bond acceptors (Lipinski definition) is 3. The van der Waals surface area contributed by atoms with Crippen LogP contribution in [0, 0.1) is 13.8 Å². The molecule has 23 heavy (non-hydrogen) atoms. The van der Waals surface area contributed by atoms with Gasteiger partial charge in [-0.2, -0.15) is 0 Å². The van der Waals surface area contributed by atoms with E-state index in [2.05, 4.69) is 10.6 Å². The molecule has 0 fully saturated rings. The molecule has 2 rings (SSSR count). The van der Waals surface area contributed by atoms with E-state index in [0.29, 0.717) is 22.6 Å². The number of aryl methyl sites for hydroxylation is 2. The fourth-order valence-electron chi connectivity index (χ4n) is 2.16. The lowest BCUT2D eigenvalue weighted by Crippen LogP contribution is -2.18. The molecule has 0 bridgehead atoms. The van der Waals surface area contributed by atoms with Gasteiger partial charge in [0.2, 0.25) is 0 Å². The Labute approximate surface area is 135 Å². The van der Waals surface area contributed by atoms with Gasteiger partial charge in [-0.15, -0.1) is 0 Å². The SMILES string of the molecule is CNC(=O)c1ccc(NC(=O)c2ccc(C)c(C)c2)c(OC)c1. The zero-order valence-electron chi connectivity index (χ0n) is 13.7. The first-order valence-corrected chi connectivity index (χ1v) is 7.25. The molecule has 0 unspecified atom stereocenters. The summed E-state index contributed by atoms with van der Waals surface area (Å²) in [6, 6.07) is 10.4. The molecule has 2 aromatic carbocycles. The number of hydrogen-bond donors (Lipinski definition) is 2. The van der Waals surface area contributed by atoms with Crippen molar-refractivity contribution in [3.8, 4) is 5.75 Å². The zero-order chi connectivity index (χ0) is 17.0. The van der Waals surface area contributed by atoms with Crippen molar-refractivity contribution in [2.45, 2.75) is 13.8 Å². The third kappa shape index (κ3) is 3.69. The first-order valence-electron chi connectivity index (χ1n) is 7.25. The molecule has 0 radical (unpaired) electrons. The van der Waals surface area contributed by atoms with Crippen molar-refractivity contribution < 1.29 is 14.3 Å². The molecule has 0 atom stereocenters. The van der Waals surface area contributed by atoms with Crippen LogP contribution in [0.15, 0.2) is 36.4 Å². The Morgan fingerprint density at radius 1 is 0.913 bits per heavy atom. The highest BCUT2D eigenvalue weighted by molar-refractivity contribution is 6.05. The van der Waals surface area contributed by atoms with Crippen LogP contribution in [0.25, 0.3) is 0 Å². The number of carbonyl (C=O) groups excluding carboxylic acids is 2. The molecule has 2 amide bonds. The monoisotopic (exact) mass is 312 g/mol. The molecule has 120 valence electrons. The van der Waals surface area contributed by atoms with Gasteiger partial charge in [0.05, 0.1) is 12.8 Å². The second kappa shape index (κ2) is 6.96. The van der Waals surface area contributed by atoms with Crippen molar-refractivity contribution in [2.24, 2.45) is 0 Å². The Morgan fingerprint density at radius 3 is 2.17 bits per heavy atom. The van der Waals surface area contributed by atoms with Crippen molar-refractivity contribution >= 4 is 17.5 Å². The highest BCUT2D eigenvalue weighted by Gasteiger charge is 2.13. The number of amides is 2. The molecule has 5 nitrogen and oxygen atoms in total. The number of benzene rings is 2. The van der Waals surface area contributed by atoms with Crippen LogP contribution in [-0.4, -0.2) is 26.0 Å². The van der Waals surface area contributed by atoms with Crippen LogP contribution < -0.4 is 15.4 Å². The van der Waals surface area contributed by atoms with E-state index in [-0.39, 0.29) is 11.8 Å². The van der Waals surface area contributed by atoms with Gasteiger partial charge in [0.1, 0.15) is 5.75 Å². The molecule has 0 saturated carbocycles. The molecular formula is C18H20N2O3. The maximum atomic E-state index is 12.4. The quantitative estimate of drug-likeness (QED) is 0.912. The molecule has 0 aliphatic heterocycles. The van der Waals surface area contributed by atoms with Gasteiger partial charge in [-0.25, -0.2) is 0 Å². The Hall–Kier alpha value is -2.82. The summed E-state index contributed by atoms with van der Waals surface area (Å²) >= 11 is 0. The third-order valence-corrected chi connectivity index (χ3v) is 3.71. The minimum atomic E-state index is -0.223. The van der Waals surface area contributed by atoms with E-state index < -0.39 is 0 Å². The molecular weight excluding hydrogens is 292 g/mol. The highest BCUT2D eigenvalue weighted by atomic mass is 16.5. The minimum Gasteiger partial charge on any atom is -0.495 e. The summed E-state index contributed by atoms with van der Waals surface area (Å²) in [6.45, 7) is 3.96. The van der Waals surface area contributed by atoms with Crippen LogP contribution in [-0.2, 0) is 0 Å². The van der Waals surface area contributed by atoms with Gasteiger partial charge < -0.3 is 15.4 Å². The lowest BCUT2D eigenvalue weighted by Gasteiger charge is -2.12. The van der Waals surface area contributed by atoms with Crippen molar-refractivity contribution in [2.75, 3.05) is 19.5 Å². The lowest BCUT2D eigenvalue weighted by molar-refractivity contribution is 0.0962. The second-order valence-electron chi connectivity index (χ2n) is 5.25. The standard InChI is InChI=1S/C18H20N2O3/c1-11-5-6-13(9-12(11)2)18(22)20-15-8-7-14(17(21)19-3)10-16(15)23-4/h5-10H,1-4H3,(H,19,21)(H,20,22). The van der Waals surface area contributed by atoms with Crippen LogP contribution >= 0.6 is 0 Å². The first kappa shape index (κ1) is 16.5. The van der Waals surface area contributed by atoms with Gasteiger partial charge >= 0.3 is 0 Å². The molecule has 0 spiro atoms. The van der Waals surface area contributed by atoms with E-state index in [0.717, 1.165) is 11.1 Å². The third-order valence-electron chi connectivity index (χ3n) is 3.71. The van der Waals surface area contributed by atoms with E-state index in [1.54, 1.807) is 31.3 Å². The Bertz CT molecular complexity index is 754. The summed E-state index contributed by atoms with van der Waals surface area (Å²) in [6.07, 6.45) is 0. The van der Waals surface area contributed by atoms with Crippen molar-refractivity contribution in [3.05, 3.63) is 58.7 Å². The van der Waals surface area contributed by atoms with Gasteiger partial charge in [0.15, 0.2) is 0 Å². The first-order chi connectivity index (χ1) is 11.0. The minimum absolute atomic E-state index is 0.213. The number of carbonyl (C=O) groups is 2. The number of rotatable bonds is 4. The summed E-state index contributed by atoms with van der Waals surface area (Å²) in [5, 5.41) is 5.36. The van der Waals surface area contributed by atoms with Gasteiger partial charge in [-0.05, 0) is 55.3 Å². The molecule has 0 aliphatic carbocycles. The van der Waals surface area contributed by atoms with E-state index in [1.165, 1.54) is 7.11 Å². The van der Waals surface area contributed by atoms with Crippen LogP contribution in [0.2, 0.25) is 0 Å². The fraction of sp³-hybridized carbons (Fsp3) is 0.222. The average molecular weight is 312 g/mol. The van der Waals surface area contributed by atoms with Crippen molar-refractivity contribution in [1.82, 2.24) is 5.32 Å². The molecule has 2 N–H and O–H groups in total. The number of anilines is 1. The van der Waals surface area contributed by atoms with Crippen LogP contribution in [0.4, 0.5) is 5.69 Å². The number of ether oxygens (including phenoxy) is 1. The number of nitrogens with one attached hydrogen (secondary N) is 2.